The molecule has 0 aliphatic heterocycles. The molecular weight excluding hydrogens is 460 g/mol. The van der Waals surface area contributed by atoms with Gasteiger partial charge in [0.05, 0.1) is 12.2 Å². The number of para-hydroxylation sites is 1. The van der Waals surface area contributed by atoms with Crippen molar-refractivity contribution in [1.82, 2.24) is 0 Å². The van der Waals surface area contributed by atoms with E-state index in [-0.39, 0.29) is 12.2 Å². The molecule has 1 heterocycles. The van der Waals surface area contributed by atoms with Crippen molar-refractivity contribution < 1.29 is 19.1 Å². The molecule has 178 valence electrons. The number of esters is 1. The van der Waals surface area contributed by atoms with E-state index in [0.29, 0.717) is 28.5 Å². The van der Waals surface area contributed by atoms with Gasteiger partial charge in [-0.2, -0.15) is 5.26 Å². The normalized spacial score (nSPS) is 12.9. The number of rotatable bonds is 8. The summed E-state index contributed by atoms with van der Waals surface area (Å²) in [5, 5.41) is 13.0. The van der Waals surface area contributed by atoms with Crippen LogP contribution in [0.25, 0.3) is 6.08 Å². The van der Waals surface area contributed by atoms with Gasteiger partial charge in [0.25, 0.3) is 5.91 Å². The van der Waals surface area contributed by atoms with Crippen LogP contribution in [0.1, 0.15) is 51.7 Å². The lowest BCUT2D eigenvalue weighted by Crippen LogP contribution is -2.16. The molecule has 0 fully saturated rings. The van der Waals surface area contributed by atoms with Crippen molar-refractivity contribution in [2.45, 2.75) is 39.2 Å². The molecule has 1 aliphatic carbocycles. The fraction of sp³-hybridized carbons (Fsp3) is 0.250. The fourth-order valence-electron chi connectivity index (χ4n) is 4.01. The minimum Gasteiger partial charge on any atom is -0.488 e. The van der Waals surface area contributed by atoms with Crippen LogP contribution in [0.5, 0.6) is 5.75 Å². The molecule has 0 unspecified atom stereocenters. The van der Waals surface area contributed by atoms with E-state index in [1.54, 1.807) is 19.1 Å². The number of hydrogen-bond donors (Lipinski definition) is 1. The Hall–Kier alpha value is -3.89. The van der Waals surface area contributed by atoms with Crippen LogP contribution < -0.4 is 10.1 Å². The third kappa shape index (κ3) is 5.79. The Labute approximate surface area is 208 Å². The first-order valence-corrected chi connectivity index (χ1v) is 12.4. The number of nitrogens with one attached hydrogen (secondary N) is 1. The lowest BCUT2D eigenvalue weighted by molar-refractivity contribution is -0.112. The molecule has 1 aromatic heterocycles. The Balaban J connectivity index is 1.58. The zero-order valence-electron chi connectivity index (χ0n) is 19.5. The van der Waals surface area contributed by atoms with E-state index in [1.165, 1.54) is 17.4 Å². The van der Waals surface area contributed by atoms with Crippen LogP contribution in [0.2, 0.25) is 0 Å². The average Bonchev–Trinajstić information content (AvgIpc) is 3.25. The van der Waals surface area contributed by atoms with Crippen molar-refractivity contribution in [2.75, 3.05) is 11.9 Å². The number of nitrogens with zero attached hydrogens (tertiary/aromatic N) is 1. The largest absolute Gasteiger partial charge is 0.488 e. The molecule has 35 heavy (non-hydrogen) atoms. The van der Waals surface area contributed by atoms with Gasteiger partial charge in [0.1, 0.15) is 29.0 Å². The van der Waals surface area contributed by atoms with Crippen LogP contribution in [0.3, 0.4) is 0 Å². The number of carbonyl (C=O) groups excluding carboxylic acids is 2. The van der Waals surface area contributed by atoms with Crippen LogP contribution >= 0.6 is 11.3 Å². The van der Waals surface area contributed by atoms with Crippen LogP contribution in [0, 0.1) is 11.3 Å². The summed E-state index contributed by atoms with van der Waals surface area (Å²) in [7, 11) is 0. The van der Waals surface area contributed by atoms with Crippen molar-refractivity contribution in [3.05, 3.63) is 87.3 Å². The van der Waals surface area contributed by atoms with Gasteiger partial charge in [0.2, 0.25) is 0 Å². The van der Waals surface area contributed by atoms with E-state index in [0.717, 1.165) is 41.7 Å². The Bertz CT molecular complexity index is 1290. The lowest BCUT2D eigenvalue weighted by Gasteiger charge is -2.12. The van der Waals surface area contributed by atoms with Gasteiger partial charge in [-0.3, -0.25) is 4.79 Å². The molecule has 0 saturated heterocycles. The molecule has 0 atom stereocenters. The highest BCUT2D eigenvalue weighted by molar-refractivity contribution is 7.17. The zero-order valence-corrected chi connectivity index (χ0v) is 20.3. The van der Waals surface area contributed by atoms with Gasteiger partial charge in [-0.15, -0.1) is 11.3 Å². The first-order chi connectivity index (χ1) is 17.1. The van der Waals surface area contributed by atoms with Gasteiger partial charge in [0.15, 0.2) is 0 Å². The van der Waals surface area contributed by atoms with Crippen molar-refractivity contribution >= 4 is 34.3 Å². The summed E-state index contributed by atoms with van der Waals surface area (Å²) in [5.41, 5.74) is 2.92. The van der Waals surface area contributed by atoms with Crippen LogP contribution in [-0.4, -0.2) is 18.5 Å². The van der Waals surface area contributed by atoms with Gasteiger partial charge in [-0.25, -0.2) is 4.79 Å². The number of fused-ring (bicyclic) bond motifs is 1. The van der Waals surface area contributed by atoms with Gasteiger partial charge in [-0.05, 0) is 55.9 Å². The first kappa shape index (κ1) is 24.2. The third-order valence-corrected chi connectivity index (χ3v) is 6.91. The number of carbonyl (C=O) groups is 2. The van der Waals surface area contributed by atoms with E-state index in [4.69, 9.17) is 9.47 Å². The van der Waals surface area contributed by atoms with E-state index in [9.17, 15) is 14.9 Å². The van der Waals surface area contributed by atoms with Crippen LogP contribution in [-0.2, 0) is 29.0 Å². The molecule has 1 amide bonds. The summed E-state index contributed by atoms with van der Waals surface area (Å²) in [6.45, 7) is 2.37. The highest BCUT2D eigenvalue weighted by Crippen LogP contribution is 2.39. The number of ether oxygens (including phenoxy) is 2. The average molecular weight is 487 g/mol. The molecule has 0 radical (unpaired) electrons. The maximum Gasteiger partial charge on any atom is 0.341 e. The van der Waals surface area contributed by atoms with E-state index in [2.05, 4.69) is 5.32 Å². The quantitative estimate of drug-likeness (QED) is 0.242. The molecule has 1 N–H and O–H groups in total. The fourth-order valence-corrected chi connectivity index (χ4v) is 5.29. The molecule has 4 rings (SSSR count). The number of benzene rings is 2. The van der Waals surface area contributed by atoms with Gasteiger partial charge in [0, 0.05) is 10.4 Å². The molecule has 6 nitrogen and oxygen atoms in total. The molecule has 1 aliphatic rings. The third-order valence-electron chi connectivity index (χ3n) is 5.70. The predicted octanol–water partition coefficient (Wildman–Crippen LogP) is 5.93. The predicted molar refractivity (Wildman–Crippen MR) is 136 cm³/mol. The molecular formula is C28H26N2O4S. The van der Waals surface area contributed by atoms with E-state index >= 15 is 0 Å². The Kier molecular flexibility index (Phi) is 7.96. The number of thiophene rings is 1. The summed E-state index contributed by atoms with van der Waals surface area (Å²) in [4.78, 5) is 26.9. The zero-order chi connectivity index (χ0) is 24.6. The highest BCUT2D eigenvalue weighted by atomic mass is 32.1. The Morgan fingerprint density at radius 3 is 2.60 bits per heavy atom. The van der Waals surface area contributed by atoms with Crippen molar-refractivity contribution in [3.8, 4) is 11.8 Å². The minimum atomic E-state index is -0.575. The number of anilines is 1. The topological polar surface area (TPSA) is 88.4 Å². The monoisotopic (exact) mass is 486 g/mol. The second-order valence-electron chi connectivity index (χ2n) is 8.07. The van der Waals surface area contributed by atoms with Gasteiger partial charge in [-0.1, -0.05) is 48.5 Å². The van der Waals surface area contributed by atoms with Crippen molar-refractivity contribution in [3.63, 3.8) is 0 Å². The molecule has 3 aromatic rings. The molecule has 2 aromatic carbocycles. The van der Waals surface area contributed by atoms with Crippen LogP contribution in [0.4, 0.5) is 5.00 Å². The summed E-state index contributed by atoms with van der Waals surface area (Å²) in [6, 6.07) is 19.0. The summed E-state index contributed by atoms with van der Waals surface area (Å²) >= 11 is 1.39. The molecule has 0 saturated carbocycles. The molecule has 0 bridgehead atoms. The summed E-state index contributed by atoms with van der Waals surface area (Å²) in [5.74, 6) is -0.449. The summed E-state index contributed by atoms with van der Waals surface area (Å²) < 4.78 is 11.2. The van der Waals surface area contributed by atoms with Crippen molar-refractivity contribution in [1.29, 1.82) is 5.26 Å². The summed E-state index contributed by atoms with van der Waals surface area (Å²) in [6.07, 6.45) is 5.20. The number of aryl methyl sites for hydroxylation is 1. The molecule has 0 spiro atoms. The van der Waals surface area contributed by atoms with Gasteiger partial charge >= 0.3 is 5.97 Å². The van der Waals surface area contributed by atoms with Crippen molar-refractivity contribution in [2.24, 2.45) is 0 Å². The minimum absolute atomic E-state index is 0.0815. The second kappa shape index (κ2) is 11.5. The maximum absolute atomic E-state index is 13.1. The standard InChI is InChI=1S/C28H26N2O4S/c1-2-33-28(32)25-22-13-7-9-15-24(22)35-27(25)30-26(31)21(17-29)16-20-12-6-8-14-23(20)34-18-19-10-4-3-5-11-19/h3-6,8,10-12,14,16H,2,7,9,13,15,18H2,1H3,(H,30,31). The number of hydrogen-bond acceptors (Lipinski definition) is 6. The first-order valence-electron chi connectivity index (χ1n) is 11.6. The van der Waals surface area contributed by atoms with E-state index < -0.39 is 11.9 Å². The lowest BCUT2D eigenvalue weighted by atomic mass is 9.95. The Morgan fingerprint density at radius 1 is 1.09 bits per heavy atom. The highest BCUT2D eigenvalue weighted by Gasteiger charge is 2.27. The smallest absolute Gasteiger partial charge is 0.341 e. The van der Waals surface area contributed by atoms with E-state index in [1.807, 2.05) is 48.5 Å². The maximum atomic E-state index is 13.1. The van der Waals surface area contributed by atoms with Crippen LogP contribution in [0.15, 0.2) is 60.2 Å². The Morgan fingerprint density at radius 2 is 1.83 bits per heavy atom. The SMILES string of the molecule is CCOC(=O)c1c(NC(=O)C(C#N)=Cc2ccccc2OCc2ccccc2)sc2c1CCCC2. The number of nitriles is 1. The molecule has 7 heteroatoms. The van der Waals surface area contributed by atoms with Gasteiger partial charge < -0.3 is 14.8 Å². The number of amides is 1. The second-order valence-corrected chi connectivity index (χ2v) is 9.18.